The lowest BCUT2D eigenvalue weighted by Gasteiger charge is -2.41. The van der Waals surface area contributed by atoms with E-state index in [-0.39, 0.29) is 15.2 Å². The maximum atomic E-state index is 12.3. The number of amides is 1. The summed E-state index contributed by atoms with van der Waals surface area (Å²) in [6.07, 6.45) is 6.27. The summed E-state index contributed by atoms with van der Waals surface area (Å²) in [4.78, 5) is 24.4. The van der Waals surface area contributed by atoms with Gasteiger partial charge in [0.05, 0.1) is 6.20 Å². The van der Waals surface area contributed by atoms with Crippen LogP contribution in [0, 0.1) is 0 Å². The molecule has 102 valence electrons. The summed E-state index contributed by atoms with van der Waals surface area (Å²) in [5.74, 6) is 0.860. The van der Waals surface area contributed by atoms with Gasteiger partial charge >= 0.3 is 0 Å². The van der Waals surface area contributed by atoms with Crippen LogP contribution in [0.3, 0.4) is 0 Å². The van der Waals surface area contributed by atoms with Gasteiger partial charge in [0.15, 0.2) is 9.87 Å². The van der Waals surface area contributed by atoms with Crippen LogP contribution in [-0.2, 0) is 4.79 Å². The van der Waals surface area contributed by atoms with Gasteiger partial charge in [0, 0.05) is 13.1 Å². The third kappa shape index (κ3) is 2.18. The van der Waals surface area contributed by atoms with Gasteiger partial charge in [-0.05, 0) is 47.0 Å². The predicted molar refractivity (Wildman–Crippen MR) is 83.0 cm³/mol. The second-order valence-corrected chi connectivity index (χ2v) is 6.44. The standard InChI is InChI=1S/C12H14ClIN4O/c1-17-8-6-15-12(13)16-10(8)18(9(14)11(17)19)7-4-2-3-5-7/h6-7,9H,2-5H2,1H3/t9-/m1/s1. The molecule has 3 rings (SSSR count). The Bertz CT molecular complexity index is 520. The van der Waals surface area contributed by atoms with E-state index < -0.39 is 0 Å². The maximum Gasteiger partial charge on any atom is 0.259 e. The van der Waals surface area contributed by atoms with Crippen molar-refractivity contribution < 1.29 is 4.79 Å². The van der Waals surface area contributed by atoms with Crippen molar-refractivity contribution in [3.63, 3.8) is 0 Å². The quantitative estimate of drug-likeness (QED) is 0.319. The number of carbonyl (C=O) groups excluding carboxylic acids is 1. The molecular weight excluding hydrogens is 379 g/mol. The van der Waals surface area contributed by atoms with Crippen LogP contribution < -0.4 is 9.80 Å². The molecule has 1 atom stereocenters. The molecule has 1 aliphatic heterocycles. The smallest absolute Gasteiger partial charge is 0.259 e. The summed E-state index contributed by atoms with van der Waals surface area (Å²) >= 11 is 8.12. The van der Waals surface area contributed by atoms with E-state index in [1.165, 1.54) is 12.8 Å². The van der Waals surface area contributed by atoms with Crippen molar-refractivity contribution in [3.05, 3.63) is 11.5 Å². The number of hydrogen-bond acceptors (Lipinski definition) is 4. The van der Waals surface area contributed by atoms with Gasteiger partial charge in [-0.1, -0.05) is 12.8 Å². The molecule has 0 unspecified atom stereocenters. The number of nitrogens with zero attached hydrogens (tertiary/aromatic N) is 4. The number of hydrogen-bond donors (Lipinski definition) is 0. The minimum atomic E-state index is -0.218. The van der Waals surface area contributed by atoms with Crippen molar-refractivity contribution in [1.29, 1.82) is 0 Å². The lowest BCUT2D eigenvalue weighted by Crippen LogP contribution is -2.53. The van der Waals surface area contributed by atoms with Gasteiger partial charge in [0.25, 0.3) is 5.91 Å². The zero-order valence-corrected chi connectivity index (χ0v) is 13.4. The van der Waals surface area contributed by atoms with Crippen LogP contribution in [0.1, 0.15) is 25.7 Å². The first-order valence-corrected chi connectivity index (χ1v) is 7.94. The Hall–Kier alpha value is -0.630. The van der Waals surface area contributed by atoms with Crippen LogP contribution >= 0.6 is 34.2 Å². The lowest BCUT2D eigenvalue weighted by molar-refractivity contribution is -0.117. The number of aromatic nitrogens is 2. The van der Waals surface area contributed by atoms with Crippen LogP contribution in [0.5, 0.6) is 0 Å². The van der Waals surface area contributed by atoms with E-state index in [1.807, 2.05) is 0 Å². The summed E-state index contributed by atoms with van der Waals surface area (Å²) in [6, 6.07) is 0.379. The van der Waals surface area contributed by atoms with Crippen molar-refractivity contribution in [1.82, 2.24) is 9.97 Å². The number of fused-ring (bicyclic) bond motifs is 1. The fraction of sp³-hybridized carbons (Fsp3) is 0.583. The topological polar surface area (TPSA) is 49.3 Å². The number of halogens is 2. The minimum Gasteiger partial charge on any atom is -0.331 e. The van der Waals surface area contributed by atoms with E-state index in [0.717, 1.165) is 24.3 Å². The highest BCUT2D eigenvalue weighted by Crippen LogP contribution is 2.40. The highest BCUT2D eigenvalue weighted by atomic mass is 127. The number of likely N-dealkylation sites (N-methyl/N-ethyl adjacent to an activating group) is 1. The Labute approximate surface area is 130 Å². The summed E-state index contributed by atoms with van der Waals surface area (Å²) in [5.41, 5.74) is 0.745. The molecule has 0 saturated heterocycles. The van der Waals surface area contributed by atoms with E-state index in [0.29, 0.717) is 6.04 Å². The fourth-order valence-corrected chi connectivity index (χ4v) is 4.08. The third-order valence-electron chi connectivity index (χ3n) is 3.82. The molecule has 0 N–H and O–H groups in total. The first kappa shape index (κ1) is 13.4. The van der Waals surface area contributed by atoms with Crippen LogP contribution in [0.4, 0.5) is 11.5 Å². The number of alkyl halides is 1. The Morgan fingerprint density at radius 3 is 2.79 bits per heavy atom. The second-order valence-electron chi connectivity index (χ2n) is 4.93. The largest absolute Gasteiger partial charge is 0.331 e. The van der Waals surface area contributed by atoms with E-state index in [1.54, 1.807) is 18.1 Å². The maximum absolute atomic E-state index is 12.3. The molecule has 5 nitrogen and oxygen atoms in total. The molecule has 7 heteroatoms. The van der Waals surface area contributed by atoms with Gasteiger partial charge in [-0.3, -0.25) is 4.79 Å². The van der Waals surface area contributed by atoms with Crippen molar-refractivity contribution in [2.45, 2.75) is 35.8 Å². The summed E-state index contributed by atoms with van der Waals surface area (Å²) in [5, 5.41) is 0.230. The zero-order valence-electron chi connectivity index (χ0n) is 10.5. The molecule has 2 heterocycles. The van der Waals surface area contributed by atoms with Gasteiger partial charge in [0.1, 0.15) is 5.69 Å². The van der Waals surface area contributed by atoms with Gasteiger partial charge in [-0.25, -0.2) is 4.98 Å². The van der Waals surface area contributed by atoms with Crippen LogP contribution in [0.2, 0.25) is 5.28 Å². The Morgan fingerprint density at radius 1 is 1.42 bits per heavy atom. The Morgan fingerprint density at radius 2 is 2.11 bits per heavy atom. The summed E-state index contributed by atoms with van der Waals surface area (Å²) in [6.45, 7) is 0. The second kappa shape index (κ2) is 5.05. The summed E-state index contributed by atoms with van der Waals surface area (Å²) < 4.78 is -0.218. The molecule has 1 aromatic rings. The molecule has 1 fully saturated rings. The van der Waals surface area contributed by atoms with Crippen molar-refractivity contribution in [3.8, 4) is 0 Å². The molecule has 19 heavy (non-hydrogen) atoms. The first-order valence-electron chi connectivity index (χ1n) is 6.32. The highest BCUT2D eigenvalue weighted by molar-refractivity contribution is 14.1. The molecular formula is C12H14ClIN4O. The monoisotopic (exact) mass is 392 g/mol. The Balaban J connectivity index is 2.10. The fourth-order valence-electron chi connectivity index (χ4n) is 2.82. The normalized spacial score (nSPS) is 23.9. The molecule has 0 bridgehead atoms. The van der Waals surface area contributed by atoms with E-state index in [4.69, 9.17) is 11.6 Å². The first-order chi connectivity index (χ1) is 9.09. The third-order valence-corrected chi connectivity index (χ3v) is 5.14. The SMILES string of the molecule is CN1C(=O)[C@H](I)N(C2CCCC2)c2nc(Cl)ncc21. The van der Waals surface area contributed by atoms with Crippen molar-refractivity contribution in [2.75, 3.05) is 16.8 Å². The van der Waals surface area contributed by atoms with Gasteiger partial charge in [-0.2, -0.15) is 4.98 Å². The van der Waals surface area contributed by atoms with E-state index >= 15 is 0 Å². The van der Waals surface area contributed by atoms with Gasteiger partial charge in [-0.15, -0.1) is 0 Å². The van der Waals surface area contributed by atoms with Gasteiger partial charge in [0.2, 0.25) is 5.28 Å². The van der Waals surface area contributed by atoms with Gasteiger partial charge < -0.3 is 9.80 Å². The van der Waals surface area contributed by atoms with Crippen LogP contribution in [-0.4, -0.2) is 33.0 Å². The predicted octanol–water partition coefficient (Wildman–Crippen LogP) is 2.62. The molecule has 0 spiro atoms. The van der Waals surface area contributed by atoms with Crippen LogP contribution in [0.25, 0.3) is 0 Å². The molecule has 1 aromatic heterocycles. The molecule has 2 aliphatic rings. The molecule has 1 amide bonds. The zero-order chi connectivity index (χ0) is 13.6. The number of anilines is 2. The van der Waals surface area contributed by atoms with E-state index in [9.17, 15) is 4.79 Å². The lowest BCUT2D eigenvalue weighted by atomic mass is 10.1. The molecule has 0 aromatic carbocycles. The average Bonchev–Trinajstić information content (AvgIpc) is 2.90. The molecule has 1 aliphatic carbocycles. The number of carbonyl (C=O) groups is 1. The molecule has 1 saturated carbocycles. The van der Waals surface area contributed by atoms with Crippen molar-refractivity contribution >= 4 is 51.6 Å². The average molecular weight is 393 g/mol. The van der Waals surface area contributed by atoms with Crippen LogP contribution in [0.15, 0.2) is 6.20 Å². The number of rotatable bonds is 1. The Kier molecular flexibility index (Phi) is 3.55. The van der Waals surface area contributed by atoms with E-state index in [2.05, 4.69) is 37.5 Å². The molecule has 0 radical (unpaired) electrons. The summed E-state index contributed by atoms with van der Waals surface area (Å²) in [7, 11) is 1.76. The highest BCUT2D eigenvalue weighted by Gasteiger charge is 2.40. The van der Waals surface area contributed by atoms with Crippen molar-refractivity contribution in [2.24, 2.45) is 0 Å². The minimum absolute atomic E-state index is 0.0749.